The molecule has 0 bridgehead atoms. The molecule has 30 heavy (non-hydrogen) atoms. The number of nitrogens with one attached hydrogen (secondary N) is 1. The fourth-order valence-electron chi connectivity index (χ4n) is 4.84. The number of amidine groups is 1. The van der Waals surface area contributed by atoms with E-state index in [2.05, 4.69) is 65.3 Å². The van der Waals surface area contributed by atoms with Crippen molar-refractivity contribution in [3.63, 3.8) is 0 Å². The molecular formula is C23H29N5O2. The SMILES string of the molecule is Cc1ccc(N2C(C3C4CN(C(=O)c5cc(C(C)C)[nH]n5)CC43)=NOC2(C)C)cc1. The number of rotatable bonds is 4. The fourth-order valence-corrected chi connectivity index (χ4v) is 4.84. The van der Waals surface area contributed by atoms with E-state index in [4.69, 9.17) is 4.84 Å². The number of aromatic nitrogens is 2. The van der Waals surface area contributed by atoms with Crippen LogP contribution in [0.3, 0.4) is 0 Å². The summed E-state index contributed by atoms with van der Waals surface area (Å²) in [7, 11) is 0. The Morgan fingerprint density at radius 2 is 1.87 bits per heavy atom. The molecule has 0 radical (unpaired) electrons. The number of fused-ring (bicyclic) bond motifs is 1. The van der Waals surface area contributed by atoms with Gasteiger partial charge in [0.2, 0.25) is 5.72 Å². The number of nitrogens with zero attached hydrogens (tertiary/aromatic N) is 4. The zero-order valence-electron chi connectivity index (χ0n) is 18.2. The van der Waals surface area contributed by atoms with Crippen LogP contribution in [0.4, 0.5) is 5.69 Å². The van der Waals surface area contributed by atoms with E-state index >= 15 is 0 Å². The van der Waals surface area contributed by atoms with Crippen molar-refractivity contribution in [1.29, 1.82) is 0 Å². The van der Waals surface area contributed by atoms with Crippen LogP contribution in [-0.4, -0.2) is 45.7 Å². The standard InChI is InChI=1S/C23H29N5O2/c1-13(2)18-10-19(25-24-18)22(29)27-11-16-17(12-27)20(16)21-26-30-23(4,5)28(21)15-8-6-14(3)7-9-15/h6-10,13,16-17,20H,11-12H2,1-5H3,(H,24,25). The van der Waals surface area contributed by atoms with Crippen molar-refractivity contribution in [2.75, 3.05) is 18.0 Å². The second kappa shape index (κ2) is 6.59. The molecule has 158 valence electrons. The average Bonchev–Trinajstić information content (AvgIpc) is 3.12. The average molecular weight is 408 g/mol. The normalized spacial score (nSPS) is 26.6. The number of oxime groups is 1. The lowest BCUT2D eigenvalue weighted by Gasteiger charge is -2.32. The summed E-state index contributed by atoms with van der Waals surface area (Å²) in [6, 6.07) is 10.4. The molecule has 2 aliphatic heterocycles. The van der Waals surface area contributed by atoms with Gasteiger partial charge in [0.25, 0.3) is 5.91 Å². The van der Waals surface area contributed by atoms with E-state index in [0.29, 0.717) is 29.4 Å². The van der Waals surface area contributed by atoms with Gasteiger partial charge in [-0.3, -0.25) is 14.8 Å². The van der Waals surface area contributed by atoms with E-state index in [1.54, 1.807) is 0 Å². The molecule has 2 unspecified atom stereocenters. The largest absolute Gasteiger partial charge is 0.366 e. The van der Waals surface area contributed by atoms with Gasteiger partial charge in [-0.2, -0.15) is 5.10 Å². The monoisotopic (exact) mass is 407 g/mol. The third kappa shape index (κ3) is 2.99. The maximum atomic E-state index is 12.9. The number of aromatic amines is 1. The van der Waals surface area contributed by atoms with Crippen LogP contribution in [0.2, 0.25) is 0 Å². The topological polar surface area (TPSA) is 73.8 Å². The van der Waals surface area contributed by atoms with Crippen molar-refractivity contribution in [2.24, 2.45) is 22.9 Å². The van der Waals surface area contributed by atoms with Gasteiger partial charge in [-0.1, -0.05) is 36.7 Å². The number of H-pyrrole nitrogens is 1. The highest BCUT2D eigenvalue weighted by molar-refractivity contribution is 6.03. The van der Waals surface area contributed by atoms with Gasteiger partial charge in [-0.25, -0.2) is 0 Å². The maximum Gasteiger partial charge on any atom is 0.274 e. The van der Waals surface area contributed by atoms with Gasteiger partial charge in [-0.05, 0) is 56.7 Å². The first-order valence-corrected chi connectivity index (χ1v) is 10.7. The molecule has 2 aromatic rings. The molecule has 1 aliphatic carbocycles. The second-order valence-electron chi connectivity index (χ2n) is 9.59. The van der Waals surface area contributed by atoms with Gasteiger partial charge >= 0.3 is 0 Å². The van der Waals surface area contributed by atoms with Crippen molar-refractivity contribution in [3.8, 4) is 0 Å². The second-order valence-corrected chi connectivity index (χ2v) is 9.59. The number of carbonyl (C=O) groups excluding carboxylic acids is 1. The summed E-state index contributed by atoms with van der Waals surface area (Å²) in [5.74, 6) is 2.54. The van der Waals surface area contributed by atoms with Crippen LogP contribution in [0.25, 0.3) is 0 Å². The predicted octanol–water partition coefficient (Wildman–Crippen LogP) is 3.75. The quantitative estimate of drug-likeness (QED) is 0.838. The number of aryl methyl sites for hydroxylation is 1. The summed E-state index contributed by atoms with van der Waals surface area (Å²) < 4.78 is 0. The van der Waals surface area contributed by atoms with E-state index in [1.807, 2.05) is 24.8 Å². The van der Waals surface area contributed by atoms with Gasteiger partial charge in [0.05, 0.1) is 0 Å². The first kappa shape index (κ1) is 19.2. The number of amides is 1. The molecule has 2 atom stereocenters. The lowest BCUT2D eigenvalue weighted by Crippen LogP contribution is -2.46. The van der Waals surface area contributed by atoms with Gasteiger partial charge in [0, 0.05) is 30.4 Å². The highest BCUT2D eigenvalue weighted by Crippen LogP contribution is 2.55. The van der Waals surface area contributed by atoms with E-state index in [1.165, 1.54) is 5.56 Å². The number of likely N-dealkylation sites (tertiary alicyclic amines) is 1. The molecule has 2 fully saturated rings. The molecule has 1 aromatic carbocycles. The molecular weight excluding hydrogens is 378 g/mol. The van der Waals surface area contributed by atoms with E-state index in [-0.39, 0.29) is 5.91 Å². The molecule has 5 rings (SSSR count). The molecule has 1 saturated carbocycles. The Morgan fingerprint density at radius 1 is 1.20 bits per heavy atom. The van der Waals surface area contributed by atoms with Crippen molar-refractivity contribution < 1.29 is 9.63 Å². The van der Waals surface area contributed by atoms with Crippen LogP contribution >= 0.6 is 0 Å². The molecule has 1 saturated heterocycles. The molecule has 0 spiro atoms. The Bertz CT molecular complexity index is 995. The molecule has 7 nitrogen and oxygen atoms in total. The maximum absolute atomic E-state index is 12.9. The Labute approximate surface area is 177 Å². The van der Waals surface area contributed by atoms with Gasteiger partial charge in [-0.15, -0.1) is 0 Å². The lowest BCUT2D eigenvalue weighted by molar-refractivity contribution is 0.0138. The fraction of sp³-hybridized carbons (Fsp3) is 0.522. The zero-order valence-corrected chi connectivity index (χ0v) is 18.2. The molecule has 1 N–H and O–H groups in total. The van der Waals surface area contributed by atoms with Gasteiger partial charge in [0.1, 0.15) is 5.69 Å². The number of hydrogen-bond donors (Lipinski definition) is 1. The van der Waals surface area contributed by atoms with Crippen LogP contribution in [0.15, 0.2) is 35.5 Å². The Kier molecular flexibility index (Phi) is 4.21. The van der Waals surface area contributed by atoms with Crippen molar-refractivity contribution in [2.45, 2.75) is 46.3 Å². The Morgan fingerprint density at radius 3 is 2.47 bits per heavy atom. The summed E-state index contributed by atoms with van der Waals surface area (Å²) in [4.78, 5) is 22.8. The summed E-state index contributed by atoms with van der Waals surface area (Å²) in [6.07, 6.45) is 0. The molecule has 7 heteroatoms. The van der Waals surface area contributed by atoms with E-state index in [9.17, 15) is 4.79 Å². The molecule has 1 aromatic heterocycles. The first-order chi connectivity index (χ1) is 14.3. The van der Waals surface area contributed by atoms with Gasteiger partial charge in [0.15, 0.2) is 5.84 Å². The van der Waals surface area contributed by atoms with Crippen LogP contribution in [-0.2, 0) is 4.84 Å². The molecule has 1 amide bonds. The smallest absolute Gasteiger partial charge is 0.274 e. The van der Waals surface area contributed by atoms with Crippen molar-refractivity contribution >= 4 is 17.4 Å². The minimum Gasteiger partial charge on any atom is -0.366 e. The minimum absolute atomic E-state index is 0.0180. The van der Waals surface area contributed by atoms with Crippen LogP contribution in [0.1, 0.15) is 55.4 Å². The number of benzene rings is 1. The van der Waals surface area contributed by atoms with Crippen LogP contribution < -0.4 is 4.90 Å². The molecule has 3 heterocycles. The number of anilines is 1. The number of carbonyl (C=O) groups is 1. The number of piperidine rings is 1. The van der Waals surface area contributed by atoms with Crippen LogP contribution in [0.5, 0.6) is 0 Å². The first-order valence-electron chi connectivity index (χ1n) is 10.7. The third-order valence-electron chi connectivity index (χ3n) is 6.64. The number of hydrogen-bond acceptors (Lipinski definition) is 5. The summed E-state index contributed by atoms with van der Waals surface area (Å²) in [5.41, 5.74) is 3.32. The zero-order chi connectivity index (χ0) is 21.2. The van der Waals surface area contributed by atoms with Gasteiger partial charge < -0.3 is 9.74 Å². The van der Waals surface area contributed by atoms with Crippen molar-refractivity contribution in [3.05, 3.63) is 47.3 Å². The lowest BCUT2D eigenvalue weighted by atomic mass is 10.1. The van der Waals surface area contributed by atoms with E-state index in [0.717, 1.165) is 30.3 Å². The Hall–Kier alpha value is -2.83. The summed E-state index contributed by atoms with van der Waals surface area (Å²) in [6.45, 7) is 11.8. The highest BCUT2D eigenvalue weighted by Gasteiger charge is 2.62. The highest BCUT2D eigenvalue weighted by atomic mass is 16.7. The molecule has 3 aliphatic rings. The van der Waals surface area contributed by atoms with Crippen LogP contribution in [0, 0.1) is 24.7 Å². The summed E-state index contributed by atoms with van der Waals surface area (Å²) >= 11 is 0. The minimum atomic E-state index is -0.515. The van der Waals surface area contributed by atoms with E-state index < -0.39 is 5.72 Å². The third-order valence-corrected chi connectivity index (χ3v) is 6.64. The van der Waals surface area contributed by atoms with Crippen molar-refractivity contribution in [1.82, 2.24) is 15.1 Å². The summed E-state index contributed by atoms with van der Waals surface area (Å²) in [5, 5.41) is 11.7. The Balaban J connectivity index is 1.29. The predicted molar refractivity (Wildman–Crippen MR) is 115 cm³/mol.